The van der Waals surface area contributed by atoms with Crippen molar-refractivity contribution in [3.8, 4) is 11.5 Å². The molecule has 0 radical (unpaired) electrons. The number of nitrogens with zero attached hydrogens (tertiary/aromatic N) is 2. The van der Waals surface area contributed by atoms with Gasteiger partial charge in [-0.1, -0.05) is 11.6 Å². The number of hydrogen-bond donors (Lipinski definition) is 2. The van der Waals surface area contributed by atoms with Crippen LogP contribution in [0.15, 0.2) is 29.8 Å². The van der Waals surface area contributed by atoms with E-state index in [9.17, 15) is 24.0 Å². The van der Waals surface area contributed by atoms with Crippen LogP contribution in [0.2, 0.25) is 0 Å². The molecule has 3 aliphatic rings. The average Bonchev–Trinajstić information content (AvgIpc) is 3.01. The Balaban J connectivity index is 1.29. The van der Waals surface area contributed by atoms with Crippen molar-refractivity contribution in [2.75, 3.05) is 31.6 Å². The van der Waals surface area contributed by atoms with E-state index in [1.54, 1.807) is 18.2 Å². The Morgan fingerprint density at radius 1 is 0.970 bits per heavy atom. The summed E-state index contributed by atoms with van der Waals surface area (Å²) in [5.74, 6) is -1.95. The average molecular weight is 456 g/mol. The monoisotopic (exact) mass is 456 g/mol. The molecule has 1 aliphatic carbocycles. The van der Waals surface area contributed by atoms with Crippen molar-refractivity contribution in [3.63, 3.8) is 0 Å². The molecule has 4 rings (SSSR count). The fraction of sp³-hybridized carbons (Fsp3) is 0.409. The van der Waals surface area contributed by atoms with Crippen molar-refractivity contribution in [1.82, 2.24) is 15.1 Å². The van der Waals surface area contributed by atoms with Crippen LogP contribution in [-0.4, -0.2) is 65.9 Å². The summed E-state index contributed by atoms with van der Waals surface area (Å²) in [5, 5.41) is 4.51. The number of carbonyl (C=O) groups excluding carboxylic acids is 5. The third-order valence-corrected chi connectivity index (χ3v) is 5.53. The van der Waals surface area contributed by atoms with Crippen LogP contribution < -0.4 is 20.1 Å². The number of carbonyl (C=O) groups is 5. The molecule has 0 saturated carbocycles. The first kappa shape index (κ1) is 22.3. The second kappa shape index (κ2) is 9.72. The lowest BCUT2D eigenvalue weighted by Gasteiger charge is -2.19. The lowest BCUT2D eigenvalue weighted by Crippen LogP contribution is -2.44. The fourth-order valence-electron chi connectivity index (χ4n) is 3.87. The molecule has 0 bridgehead atoms. The van der Waals surface area contributed by atoms with Crippen molar-refractivity contribution < 1.29 is 33.4 Å². The Kier molecular flexibility index (Phi) is 6.57. The van der Waals surface area contributed by atoms with Crippen molar-refractivity contribution >= 4 is 35.5 Å². The molecular formula is C22H24N4O7. The number of anilines is 1. The van der Waals surface area contributed by atoms with Gasteiger partial charge < -0.3 is 14.8 Å². The van der Waals surface area contributed by atoms with E-state index in [1.807, 2.05) is 5.32 Å². The smallest absolute Gasteiger partial charge is 0.334 e. The normalized spacial score (nSPS) is 17.7. The van der Waals surface area contributed by atoms with Crippen LogP contribution in [0.25, 0.3) is 0 Å². The van der Waals surface area contributed by atoms with E-state index in [-0.39, 0.29) is 6.54 Å². The lowest BCUT2D eigenvalue weighted by molar-refractivity contribution is -0.143. The van der Waals surface area contributed by atoms with E-state index in [0.717, 1.165) is 36.2 Å². The SMILES string of the molecule is O=C(CN1C(=O)C(=O)N(CCC2=CCCCC2)C1=O)NC(=O)Nc1ccc2c(c1)OCCO2. The largest absolute Gasteiger partial charge is 0.486 e. The lowest BCUT2D eigenvalue weighted by atomic mass is 9.97. The van der Waals surface area contributed by atoms with Crippen molar-refractivity contribution in [2.24, 2.45) is 0 Å². The third kappa shape index (κ3) is 5.13. The highest BCUT2D eigenvalue weighted by atomic mass is 16.6. The molecule has 2 N–H and O–H groups in total. The zero-order valence-corrected chi connectivity index (χ0v) is 17.9. The van der Waals surface area contributed by atoms with Crippen molar-refractivity contribution in [1.29, 1.82) is 0 Å². The molecule has 2 heterocycles. The molecule has 174 valence electrons. The van der Waals surface area contributed by atoms with Gasteiger partial charge in [-0.2, -0.15) is 0 Å². The minimum atomic E-state index is -1.08. The molecule has 7 amide bonds. The quantitative estimate of drug-likeness (QED) is 0.379. The minimum Gasteiger partial charge on any atom is -0.486 e. The first-order valence-corrected chi connectivity index (χ1v) is 10.8. The molecule has 1 fully saturated rings. The number of allylic oxidation sites excluding steroid dienone is 1. The highest BCUT2D eigenvalue weighted by Crippen LogP contribution is 2.32. The predicted octanol–water partition coefficient (Wildman–Crippen LogP) is 1.79. The molecule has 0 aromatic heterocycles. The molecule has 2 aliphatic heterocycles. The Morgan fingerprint density at radius 3 is 2.48 bits per heavy atom. The molecule has 0 spiro atoms. The summed E-state index contributed by atoms with van der Waals surface area (Å²) in [6.45, 7) is 0.155. The number of nitrogens with one attached hydrogen (secondary N) is 2. The van der Waals surface area contributed by atoms with Crippen LogP contribution in [0.1, 0.15) is 32.1 Å². The number of rotatable bonds is 6. The van der Waals surface area contributed by atoms with Crippen LogP contribution >= 0.6 is 0 Å². The predicted molar refractivity (Wildman–Crippen MR) is 115 cm³/mol. The van der Waals surface area contributed by atoms with Crippen molar-refractivity contribution in [3.05, 3.63) is 29.8 Å². The highest BCUT2D eigenvalue weighted by molar-refractivity contribution is 6.45. The zero-order chi connectivity index (χ0) is 23.4. The van der Waals surface area contributed by atoms with Crippen LogP contribution in [0.4, 0.5) is 15.3 Å². The van der Waals surface area contributed by atoms with E-state index < -0.39 is 36.3 Å². The topological polar surface area (TPSA) is 134 Å². The Bertz CT molecular complexity index is 1040. The molecule has 1 aromatic rings. The Hall–Kier alpha value is -3.89. The zero-order valence-electron chi connectivity index (χ0n) is 17.9. The van der Waals surface area contributed by atoms with Crippen molar-refractivity contribution in [2.45, 2.75) is 32.1 Å². The number of amides is 7. The Morgan fingerprint density at radius 2 is 1.73 bits per heavy atom. The molecule has 0 unspecified atom stereocenters. The van der Waals surface area contributed by atoms with Gasteiger partial charge in [0, 0.05) is 18.3 Å². The van der Waals surface area contributed by atoms with Gasteiger partial charge in [-0.15, -0.1) is 0 Å². The molecule has 11 heteroatoms. The first-order valence-electron chi connectivity index (χ1n) is 10.8. The molecule has 11 nitrogen and oxygen atoms in total. The van der Waals surface area contributed by atoms with Gasteiger partial charge in [0.25, 0.3) is 0 Å². The third-order valence-electron chi connectivity index (χ3n) is 5.53. The summed E-state index contributed by atoms with van der Waals surface area (Å²) in [7, 11) is 0. The number of imide groups is 3. The molecule has 1 saturated heterocycles. The number of ether oxygens (including phenoxy) is 2. The van der Waals surface area contributed by atoms with Gasteiger partial charge in [0.05, 0.1) is 0 Å². The highest BCUT2D eigenvalue weighted by Gasteiger charge is 2.45. The number of urea groups is 2. The van der Waals surface area contributed by atoms with Gasteiger partial charge in [-0.05, 0) is 44.2 Å². The summed E-state index contributed by atoms with van der Waals surface area (Å²) >= 11 is 0. The molecular weight excluding hydrogens is 432 g/mol. The summed E-state index contributed by atoms with van der Waals surface area (Å²) in [4.78, 5) is 62.8. The Labute approximate surface area is 189 Å². The number of hydrogen-bond acceptors (Lipinski definition) is 7. The van der Waals surface area contributed by atoms with Crippen LogP contribution in [0, 0.1) is 0 Å². The maximum Gasteiger partial charge on any atom is 0.334 e. The van der Waals surface area contributed by atoms with Gasteiger partial charge in [0.1, 0.15) is 19.8 Å². The van der Waals surface area contributed by atoms with Crippen LogP contribution in [0.3, 0.4) is 0 Å². The van der Waals surface area contributed by atoms with E-state index in [0.29, 0.717) is 41.7 Å². The summed E-state index contributed by atoms with van der Waals surface area (Å²) in [6.07, 6.45) is 6.66. The van der Waals surface area contributed by atoms with E-state index in [1.165, 1.54) is 0 Å². The second-order valence-electron chi connectivity index (χ2n) is 7.85. The van der Waals surface area contributed by atoms with Crippen LogP contribution in [0.5, 0.6) is 11.5 Å². The summed E-state index contributed by atoms with van der Waals surface area (Å²) in [5.41, 5.74) is 1.51. The summed E-state index contributed by atoms with van der Waals surface area (Å²) in [6, 6.07) is 3.03. The van der Waals surface area contributed by atoms with Gasteiger partial charge in [0.15, 0.2) is 11.5 Å². The molecule has 1 aromatic carbocycles. The molecule has 0 atom stereocenters. The first-order chi connectivity index (χ1) is 15.9. The second-order valence-corrected chi connectivity index (χ2v) is 7.85. The van der Waals surface area contributed by atoms with Gasteiger partial charge in [0.2, 0.25) is 5.91 Å². The standard InChI is InChI=1S/C22H24N4O7/c27-18(24-21(30)23-15-6-7-16-17(12-15)33-11-10-32-16)13-26-20(29)19(28)25(22(26)31)9-8-14-4-2-1-3-5-14/h4,6-7,12H,1-3,5,8-11,13H2,(H2,23,24,27,30). The van der Waals surface area contributed by atoms with E-state index in [2.05, 4.69) is 11.4 Å². The maximum absolute atomic E-state index is 12.5. The van der Waals surface area contributed by atoms with Gasteiger partial charge >= 0.3 is 23.9 Å². The fourth-order valence-corrected chi connectivity index (χ4v) is 3.87. The maximum atomic E-state index is 12.5. The van der Waals surface area contributed by atoms with E-state index >= 15 is 0 Å². The van der Waals surface area contributed by atoms with Crippen LogP contribution in [-0.2, 0) is 14.4 Å². The molecule has 33 heavy (non-hydrogen) atoms. The van der Waals surface area contributed by atoms with Gasteiger partial charge in [-0.25, -0.2) is 14.5 Å². The minimum absolute atomic E-state index is 0.0813. The summed E-state index contributed by atoms with van der Waals surface area (Å²) < 4.78 is 10.8. The number of benzene rings is 1. The van der Waals surface area contributed by atoms with Gasteiger partial charge in [-0.3, -0.25) is 24.6 Å². The number of fused-ring (bicyclic) bond motifs is 1. The van der Waals surface area contributed by atoms with E-state index in [4.69, 9.17) is 9.47 Å².